The molecule has 0 bridgehead atoms. The fourth-order valence-electron chi connectivity index (χ4n) is 0.431. The van der Waals surface area contributed by atoms with E-state index < -0.39 is 0 Å². The molecule has 0 atom stereocenters. The molecule has 0 unspecified atom stereocenters. The summed E-state index contributed by atoms with van der Waals surface area (Å²) in [6.45, 7) is 3.03. The maximum absolute atomic E-state index is 5.18. The smallest absolute Gasteiger partial charge is 0.0700 e. The number of rotatable bonds is 7. The van der Waals surface area contributed by atoms with Crippen molar-refractivity contribution in [2.45, 2.75) is 0 Å². The normalized spacial score (nSPS) is 10.2. The van der Waals surface area contributed by atoms with Gasteiger partial charge in [-0.1, -0.05) is 38.5 Å². The average Bonchev–Trinajstić information content (AvgIpc) is 1.97. The van der Waals surface area contributed by atoms with Gasteiger partial charge in [0.15, 0.2) is 0 Å². The number of alkyl halides is 2. The van der Waals surface area contributed by atoms with E-state index in [1.54, 1.807) is 0 Å². The van der Waals surface area contributed by atoms with Crippen LogP contribution in [-0.4, -0.2) is 36.2 Å². The Morgan fingerprint density at radius 3 is 2.10 bits per heavy atom. The Hall–Kier alpha value is 1.13. The molecule has 62 valence electrons. The minimum atomic E-state index is 0.711. The van der Waals surface area contributed by atoms with Crippen LogP contribution in [0, 0.1) is 0 Å². The predicted molar refractivity (Wildman–Crippen MR) is 54.3 cm³/mol. The molecular weight excluding hydrogens is 311 g/mol. The van der Waals surface area contributed by atoms with Crippen LogP contribution in [0.5, 0.6) is 0 Å². The zero-order valence-corrected chi connectivity index (χ0v) is 9.56. The lowest BCUT2D eigenvalue weighted by molar-refractivity contribution is 0.0614. The zero-order chi connectivity index (χ0) is 7.66. The fourth-order valence-corrected chi connectivity index (χ4v) is 0.971. The molecule has 0 amide bonds. The lowest BCUT2D eigenvalue weighted by Gasteiger charge is -2.01. The highest BCUT2D eigenvalue weighted by atomic mass is 127. The van der Waals surface area contributed by atoms with Crippen molar-refractivity contribution in [1.82, 2.24) is 0 Å². The van der Waals surface area contributed by atoms with E-state index in [1.165, 1.54) is 0 Å². The van der Waals surface area contributed by atoms with Crippen LogP contribution in [0.2, 0.25) is 0 Å². The maximum Gasteiger partial charge on any atom is 0.0700 e. The van der Waals surface area contributed by atoms with Gasteiger partial charge in [0.2, 0.25) is 0 Å². The Morgan fingerprint density at radius 1 is 1.00 bits per heavy atom. The van der Waals surface area contributed by atoms with Gasteiger partial charge in [-0.25, -0.2) is 0 Å². The predicted octanol–water partition coefficient (Wildman–Crippen LogP) is 1.85. The van der Waals surface area contributed by atoms with E-state index in [2.05, 4.69) is 38.5 Å². The van der Waals surface area contributed by atoms with Crippen molar-refractivity contribution >= 4 is 38.5 Å². The molecule has 10 heavy (non-hydrogen) atoms. The fraction of sp³-hybridized carbons (Fsp3) is 1.00. The van der Waals surface area contributed by atoms with E-state index in [4.69, 9.17) is 9.47 Å². The summed E-state index contributed by atoms with van der Waals surface area (Å²) in [6, 6.07) is 0. The third-order valence-corrected chi connectivity index (χ3v) is 1.58. The second kappa shape index (κ2) is 10.1. The van der Waals surface area contributed by atoms with Crippen LogP contribution in [0.15, 0.2) is 0 Å². The largest absolute Gasteiger partial charge is 0.378 e. The summed E-state index contributed by atoms with van der Waals surface area (Å²) in [7, 11) is 0. The van der Waals surface area contributed by atoms with Crippen LogP contribution >= 0.6 is 38.5 Å². The number of ether oxygens (including phenoxy) is 2. The molecule has 0 aromatic rings. The number of hydrogen-bond donors (Lipinski definition) is 0. The van der Waals surface area contributed by atoms with E-state index in [0.717, 1.165) is 29.6 Å². The van der Waals surface area contributed by atoms with E-state index >= 15 is 0 Å². The molecule has 0 aromatic heterocycles. The van der Waals surface area contributed by atoms with Crippen LogP contribution in [0.25, 0.3) is 0 Å². The maximum atomic E-state index is 5.18. The first kappa shape index (κ1) is 11.1. The van der Waals surface area contributed by atoms with E-state index in [-0.39, 0.29) is 0 Å². The van der Waals surface area contributed by atoms with E-state index in [9.17, 15) is 0 Å². The van der Waals surface area contributed by atoms with Gasteiger partial charge in [-0.3, -0.25) is 0 Å². The highest BCUT2D eigenvalue weighted by Crippen LogP contribution is 1.85. The molecule has 0 N–H and O–H groups in total. The summed E-state index contributed by atoms with van der Waals surface area (Å²) in [4.78, 5) is 0. The molecule has 0 aliphatic carbocycles. The summed E-state index contributed by atoms with van der Waals surface area (Å²) in [5, 5.41) is 0.902. The van der Waals surface area contributed by atoms with Crippen molar-refractivity contribution in [3.8, 4) is 0 Å². The van der Waals surface area contributed by atoms with Crippen LogP contribution in [0.4, 0.5) is 0 Å². The third-order valence-electron chi connectivity index (χ3n) is 0.815. The Kier molecular flexibility index (Phi) is 11.3. The average molecular weight is 323 g/mol. The van der Waals surface area contributed by atoms with Crippen molar-refractivity contribution in [1.29, 1.82) is 0 Å². The summed E-state index contributed by atoms with van der Waals surface area (Å²) in [5.41, 5.74) is 0. The standard InChI is InChI=1S/C6H12BrIO2/c7-1-3-9-5-6-10-4-2-8/h1-6H2. The minimum Gasteiger partial charge on any atom is -0.378 e. The number of hydrogen-bond acceptors (Lipinski definition) is 2. The van der Waals surface area contributed by atoms with Crippen LogP contribution in [-0.2, 0) is 9.47 Å². The van der Waals surface area contributed by atoms with Gasteiger partial charge in [-0.2, -0.15) is 0 Å². The molecule has 0 saturated carbocycles. The highest BCUT2D eigenvalue weighted by molar-refractivity contribution is 14.1. The van der Waals surface area contributed by atoms with Crippen molar-refractivity contribution in [3.63, 3.8) is 0 Å². The highest BCUT2D eigenvalue weighted by Gasteiger charge is 1.86. The molecule has 0 fully saturated rings. The Labute approximate surface area is 83.9 Å². The molecule has 0 saturated heterocycles. The van der Waals surface area contributed by atoms with Crippen molar-refractivity contribution in [2.24, 2.45) is 0 Å². The minimum absolute atomic E-state index is 0.711. The molecule has 0 aliphatic rings. The first-order valence-corrected chi connectivity index (χ1v) is 5.84. The summed E-state index contributed by atoms with van der Waals surface area (Å²) in [5.74, 6) is 0. The van der Waals surface area contributed by atoms with Crippen LogP contribution in [0.3, 0.4) is 0 Å². The van der Waals surface area contributed by atoms with Gasteiger partial charge in [0, 0.05) is 9.76 Å². The Morgan fingerprint density at radius 2 is 1.60 bits per heavy atom. The Balaban J connectivity index is 2.65. The Bertz CT molecular complexity index is 55.7. The number of halogens is 2. The quantitative estimate of drug-likeness (QED) is 0.404. The van der Waals surface area contributed by atoms with Gasteiger partial charge in [-0.05, 0) is 0 Å². The molecular formula is C6H12BrIO2. The molecule has 2 nitrogen and oxygen atoms in total. The summed E-state index contributed by atoms with van der Waals surface area (Å²) < 4.78 is 11.4. The molecule has 0 radical (unpaired) electrons. The first-order chi connectivity index (χ1) is 4.91. The van der Waals surface area contributed by atoms with Crippen LogP contribution < -0.4 is 0 Å². The lowest BCUT2D eigenvalue weighted by atomic mass is 10.7. The van der Waals surface area contributed by atoms with Gasteiger partial charge >= 0.3 is 0 Å². The molecule has 0 aliphatic heterocycles. The second-order valence-corrected chi connectivity index (χ2v) is 3.47. The van der Waals surface area contributed by atoms with Crippen molar-refractivity contribution in [2.75, 3.05) is 36.2 Å². The second-order valence-electron chi connectivity index (χ2n) is 1.60. The van der Waals surface area contributed by atoms with Crippen LogP contribution in [0.1, 0.15) is 0 Å². The van der Waals surface area contributed by atoms with Gasteiger partial charge in [0.05, 0.1) is 26.4 Å². The van der Waals surface area contributed by atoms with E-state index in [0.29, 0.717) is 6.61 Å². The van der Waals surface area contributed by atoms with Gasteiger partial charge in [-0.15, -0.1) is 0 Å². The topological polar surface area (TPSA) is 18.5 Å². The third kappa shape index (κ3) is 9.13. The molecule has 4 heteroatoms. The van der Waals surface area contributed by atoms with Gasteiger partial charge < -0.3 is 9.47 Å². The summed E-state index contributed by atoms with van der Waals surface area (Å²) >= 11 is 5.55. The molecule has 0 heterocycles. The SMILES string of the molecule is BrCCOCCOCCI. The van der Waals surface area contributed by atoms with Crippen molar-refractivity contribution in [3.05, 3.63) is 0 Å². The molecule has 0 aromatic carbocycles. The zero-order valence-electron chi connectivity index (χ0n) is 5.82. The monoisotopic (exact) mass is 322 g/mol. The van der Waals surface area contributed by atoms with Gasteiger partial charge in [0.1, 0.15) is 0 Å². The molecule has 0 rings (SSSR count). The van der Waals surface area contributed by atoms with E-state index in [1.807, 2.05) is 0 Å². The molecule has 0 spiro atoms. The first-order valence-electron chi connectivity index (χ1n) is 3.19. The van der Waals surface area contributed by atoms with Gasteiger partial charge in [0.25, 0.3) is 0 Å². The summed E-state index contributed by atoms with van der Waals surface area (Å²) in [6.07, 6.45) is 0. The van der Waals surface area contributed by atoms with Crippen molar-refractivity contribution < 1.29 is 9.47 Å². The lowest BCUT2D eigenvalue weighted by Crippen LogP contribution is -2.06.